The maximum absolute atomic E-state index is 13.1. The largest absolute Gasteiger partial charge is 0.471 e. The van der Waals surface area contributed by atoms with E-state index in [4.69, 9.17) is 10.00 Å². The molecule has 1 aliphatic rings. The second-order valence-electron chi connectivity index (χ2n) is 6.04. The molecule has 1 fully saturated rings. The summed E-state index contributed by atoms with van der Waals surface area (Å²) in [5.74, 6) is 0.121. The van der Waals surface area contributed by atoms with Gasteiger partial charge in [0.1, 0.15) is 17.1 Å². The van der Waals surface area contributed by atoms with E-state index in [2.05, 4.69) is 15.0 Å². The molecule has 1 aliphatic heterocycles. The van der Waals surface area contributed by atoms with Crippen LogP contribution in [0, 0.1) is 11.3 Å². The first kappa shape index (κ1) is 17.3. The number of sulfonamides is 1. The van der Waals surface area contributed by atoms with Crippen LogP contribution in [0.2, 0.25) is 0 Å². The predicted molar refractivity (Wildman–Crippen MR) is 96.3 cm³/mol. The normalized spacial score (nSPS) is 17.7. The molecule has 4 rings (SSSR count). The Morgan fingerprint density at radius 3 is 2.78 bits per heavy atom. The Balaban J connectivity index is 1.58. The van der Waals surface area contributed by atoms with Crippen LogP contribution in [0.1, 0.15) is 12.1 Å². The first-order valence-corrected chi connectivity index (χ1v) is 9.75. The zero-order chi connectivity index (χ0) is 18.9. The molecule has 8 nitrogen and oxygen atoms in total. The van der Waals surface area contributed by atoms with E-state index in [1.165, 1.54) is 16.7 Å². The van der Waals surface area contributed by atoms with Crippen LogP contribution < -0.4 is 4.74 Å². The number of hydrogen-bond donors (Lipinski definition) is 0. The van der Waals surface area contributed by atoms with Gasteiger partial charge in [-0.2, -0.15) is 9.57 Å². The fourth-order valence-electron chi connectivity index (χ4n) is 3.08. The van der Waals surface area contributed by atoms with Gasteiger partial charge in [-0.15, -0.1) is 0 Å². The topological polar surface area (TPSA) is 109 Å². The summed E-state index contributed by atoms with van der Waals surface area (Å²) in [6.07, 6.45) is 4.52. The highest BCUT2D eigenvalue weighted by Crippen LogP contribution is 2.28. The SMILES string of the molecule is N#Cc1nccnc1O[C@@H]1CCN(S(=O)(=O)c2cccc3cccnc23)C1. The van der Waals surface area contributed by atoms with Crippen molar-refractivity contribution >= 4 is 20.9 Å². The van der Waals surface area contributed by atoms with Crippen molar-refractivity contribution < 1.29 is 13.2 Å². The first-order chi connectivity index (χ1) is 13.1. The van der Waals surface area contributed by atoms with Crippen LogP contribution in [-0.4, -0.2) is 46.9 Å². The number of para-hydroxylation sites is 1. The molecule has 0 unspecified atom stereocenters. The highest BCUT2D eigenvalue weighted by atomic mass is 32.2. The molecule has 2 aromatic heterocycles. The van der Waals surface area contributed by atoms with E-state index in [9.17, 15) is 8.42 Å². The van der Waals surface area contributed by atoms with Gasteiger partial charge in [0.25, 0.3) is 5.88 Å². The van der Waals surface area contributed by atoms with Gasteiger partial charge in [-0.25, -0.2) is 18.4 Å². The number of ether oxygens (including phenoxy) is 1. The zero-order valence-corrected chi connectivity index (χ0v) is 15.0. The van der Waals surface area contributed by atoms with Crippen LogP contribution >= 0.6 is 0 Å². The molecule has 136 valence electrons. The molecule has 0 aliphatic carbocycles. The van der Waals surface area contributed by atoms with Crippen LogP contribution in [-0.2, 0) is 10.0 Å². The number of nitrogens with zero attached hydrogens (tertiary/aromatic N) is 5. The molecule has 1 aromatic carbocycles. The van der Waals surface area contributed by atoms with Gasteiger partial charge in [-0.05, 0) is 18.6 Å². The van der Waals surface area contributed by atoms with Crippen LogP contribution in [0.15, 0.2) is 53.8 Å². The van der Waals surface area contributed by atoms with E-state index in [1.807, 2.05) is 18.2 Å². The molecule has 0 N–H and O–H groups in total. The second kappa shape index (κ2) is 6.90. The number of fused-ring (bicyclic) bond motifs is 1. The number of pyridine rings is 1. The van der Waals surface area contributed by atoms with Gasteiger partial charge < -0.3 is 4.74 Å². The van der Waals surface area contributed by atoms with Crippen LogP contribution in [0.25, 0.3) is 10.9 Å². The van der Waals surface area contributed by atoms with Gasteiger partial charge in [0, 0.05) is 30.5 Å². The summed E-state index contributed by atoms with van der Waals surface area (Å²) in [4.78, 5) is 12.3. The number of nitriles is 1. The number of benzene rings is 1. The fraction of sp³-hybridized carbons (Fsp3) is 0.222. The summed E-state index contributed by atoms with van der Waals surface area (Å²) in [5.41, 5.74) is 0.530. The maximum Gasteiger partial charge on any atom is 0.251 e. The van der Waals surface area contributed by atoms with Gasteiger partial charge in [0.05, 0.1) is 12.1 Å². The monoisotopic (exact) mass is 381 g/mol. The molecular weight excluding hydrogens is 366 g/mol. The van der Waals surface area contributed by atoms with Gasteiger partial charge in [-0.1, -0.05) is 18.2 Å². The van der Waals surface area contributed by atoms with Crippen LogP contribution in [0.5, 0.6) is 5.88 Å². The number of aromatic nitrogens is 3. The van der Waals surface area contributed by atoms with Crippen molar-refractivity contribution in [2.24, 2.45) is 0 Å². The van der Waals surface area contributed by atoms with Crippen molar-refractivity contribution in [1.82, 2.24) is 19.3 Å². The molecule has 0 amide bonds. The third-order valence-corrected chi connectivity index (χ3v) is 6.27. The molecule has 1 atom stereocenters. The quantitative estimate of drug-likeness (QED) is 0.677. The smallest absolute Gasteiger partial charge is 0.251 e. The Morgan fingerprint density at radius 1 is 1.11 bits per heavy atom. The minimum atomic E-state index is -3.72. The Labute approximate surface area is 156 Å². The maximum atomic E-state index is 13.1. The zero-order valence-electron chi connectivity index (χ0n) is 14.2. The lowest BCUT2D eigenvalue weighted by Crippen LogP contribution is -2.31. The van der Waals surface area contributed by atoms with E-state index < -0.39 is 16.1 Å². The average molecular weight is 381 g/mol. The minimum absolute atomic E-state index is 0.0806. The number of hydrogen-bond acceptors (Lipinski definition) is 7. The predicted octanol–water partition coefficient (Wildman–Crippen LogP) is 1.74. The first-order valence-electron chi connectivity index (χ1n) is 8.31. The average Bonchev–Trinajstić information content (AvgIpc) is 3.17. The van der Waals surface area contributed by atoms with E-state index in [1.54, 1.807) is 24.4 Å². The molecule has 0 radical (unpaired) electrons. The summed E-state index contributed by atoms with van der Waals surface area (Å²) in [7, 11) is -3.72. The van der Waals surface area contributed by atoms with Crippen molar-refractivity contribution in [1.29, 1.82) is 5.26 Å². The third kappa shape index (κ3) is 3.20. The Kier molecular flexibility index (Phi) is 4.43. The number of rotatable bonds is 4. The van der Waals surface area contributed by atoms with E-state index in [0.29, 0.717) is 18.5 Å². The van der Waals surface area contributed by atoms with Crippen molar-refractivity contribution in [2.45, 2.75) is 17.4 Å². The lowest BCUT2D eigenvalue weighted by molar-refractivity contribution is 0.205. The van der Waals surface area contributed by atoms with Gasteiger partial charge in [0.15, 0.2) is 0 Å². The van der Waals surface area contributed by atoms with E-state index in [-0.39, 0.29) is 23.0 Å². The Morgan fingerprint density at radius 2 is 1.93 bits per heavy atom. The third-order valence-electron chi connectivity index (χ3n) is 4.37. The summed E-state index contributed by atoms with van der Waals surface area (Å²) in [6.45, 7) is 0.491. The molecular formula is C18H15N5O3S. The van der Waals surface area contributed by atoms with Gasteiger partial charge >= 0.3 is 0 Å². The lowest BCUT2D eigenvalue weighted by atomic mass is 10.2. The lowest BCUT2D eigenvalue weighted by Gasteiger charge is -2.18. The molecule has 9 heteroatoms. The van der Waals surface area contributed by atoms with Crippen LogP contribution in [0.3, 0.4) is 0 Å². The Bertz CT molecular complexity index is 1140. The van der Waals surface area contributed by atoms with Crippen LogP contribution in [0.4, 0.5) is 0 Å². The Hall–Kier alpha value is -3.09. The second-order valence-corrected chi connectivity index (χ2v) is 7.95. The molecule has 0 bridgehead atoms. The summed E-state index contributed by atoms with van der Waals surface area (Å²) in [6, 6.07) is 10.6. The minimum Gasteiger partial charge on any atom is -0.471 e. The molecule has 3 aromatic rings. The van der Waals surface area contributed by atoms with Crippen molar-refractivity contribution in [3.8, 4) is 11.9 Å². The van der Waals surface area contributed by atoms with E-state index in [0.717, 1.165) is 5.39 Å². The molecule has 1 saturated heterocycles. The molecule has 0 spiro atoms. The molecule has 3 heterocycles. The molecule has 27 heavy (non-hydrogen) atoms. The fourth-order valence-corrected chi connectivity index (χ4v) is 4.73. The standard InChI is InChI=1S/C18H15N5O3S/c19-11-15-18(22-9-8-20-15)26-14-6-10-23(12-14)27(24,25)16-5-1-3-13-4-2-7-21-17(13)16/h1-5,7-9,14H,6,10,12H2/t14-/m1/s1. The summed E-state index contributed by atoms with van der Waals surface area (Å²) in [5, 5.41) is 9.84. The van der Waals surface area contributed by atoms with Gasteiger partial charge in [-0.3, -0.25) is 4.98 Å². The van der Waals surface area contributed by atoms with E-state index >= 15 is 0 Å². The van der Waals surface area contributed by atoms with Crippen molar-refractivity contribution in [2.75, 3.05) is 13.1 Å². The van der Waals surface area contributed by atoms with Gasteiger partial charge in [0.2, 0.25) is 15.7 Å². The van der Waals surface area contributed by atoms with Crippen molar-refractivity contribution in [3.05, 3.63) is 54.6 Å². The highest BCUT2D eigenvalue weighted by molar-refractivity contribution is 7.89. The summed E-state index contributed by atoms with van der Waals surface area (Å²) >= 11 is 0. The van der Waals surface area contributed by atoms with Crippen molar-refractivity contribution in [3.63, 3.8) is 0 Å². The molecule has 0 saturated carbocycles. The summed E-state index contributed by atoms with van der Waals surface area (Å²) < 4.78 is 33.3. The highest BCUT2D eigenvalue weighted by Gasteiger charge is 2.35.